The summed E-state index contributed by atoms with van der Waals surface area (Å²) in [7, 11) is 0. The Bertz CT molecular complexity index is 665. The number of carbonyl (C=O) groups excluding carboxylic acids is 2. The molecule has 3 N–H and O–H groups in total. The van der Waals surface area contributed by atoms with Crippen molar-refractivity contribution in [3.05, 3.63) is 71.8 Å². The molecule has 2 aromatic rings. The quantitative estimate of drug-likeness (QED) is 0.708. The monoisotopic (exact) mass is 358 g/mol. The summed E-state index contributed by atoms with van der Waals surface area (Å²) < 4.78 is 5.33. The predicted molar refractivity (Wildman–Crippen MR) is 100 cm³/mol. The minimum Gasteiger partial charge on any atom is -0.461 e. The van der Waals surface area contributed by atoms with Gasteiger partial charge in [0.25, 0.3) is 5.24 Å². The number of ether oxygens (including phenoxy) is 1. The summed E-state index contributed by atoms with van der Waals surface area (Å²) in [6.45, 7) is 0.643. The molecule has 0 heterocycles. The van der Waals surface area contributed by atoms with Crippen LogP contribution < -0.4 is 11.1 Å². The van der Waals surface area contributed by atoms with E-state index >= 15 is 0 Å². The summed E-state index contributed by atoms with van der Waals surface area (Å²) in [5.41, 5.74) is 7.21. The van der Waals surface area contributed by atoms with E-state index in [1.165, 1.54) is 0 Å². The number of nitrogens with one attached hydrogen (secondary N) is 1. The molecule has 1 unspecified atom stereocenters. The lowest BCUT2D eigenvalue weighted by Gasteiger charge is -2.18. The van der Waals surface area contributed by atoms with Gasteiger partial charge < -0.3 is 15.8 Å². The van der Waals surface area contributed by atoms with Crippen molar-refractivity contribution in [2.45, 2.75) is 19.1 Å². The molecule has 2 rings (SSSR count). The van der Waals surface area contributed by atoms with Crippen LogP contribution in [0.4, 0.5) is 4.79 Å². The molecule has 0 radical (unpaired) electrons. The summed E-state index contributed by atoms with van der Waals surface area (Å²) in [6.07, 6.45) is 0.0752. The Morgan fingerprint density at radius 3 is 2.32 bits per heavy atom. The Hall–Kier alpha value is -2.31. The van der Waals surface area contributed by atoms with E-state index in [1.807, 2.05) is 60.7 Å². The van der Waals surface area contributed by atoms with E-state index in [0.717, 1.165) is 22.9 Å². The van der Waals surface area contributed by atoms with Crippen molar-refractivity contribution in [2.75, 3.05) is 12.3 Å². The summed E-state index contributed by atoms with van der Waals surface area (Å²) in [4.78, 5) is 24.2. The second-order valence-corrected chi connectivity index (χ2v) is 6.45. The van der Waals surface area contributed by atoms with Crippen molar-refractivity contribution in [3.63, 3.8) is 0 Å². The first-order chi connectivity index (χ1) is 12.2. The number of hydrogen-bond donors (Lipinski definition) is 2. The highest BCUT2D eigenvalue weighted by Gasteiger charge is 2.19. The second kappa shape index (κ2) is 10.5. The molecule has 25 heavy (non-hydrogen) atoms. The van der Waals surface area contributed by atoms with Gasteiger partial charge in [0, 0.05) is 12.3 Å². The molecule has 0 aliphatic carbocycles. The van der Waals surface area contributed by atoms with Crippen molar-refractivity contribution in [1.29, 1.82) is 0 Å². The van der Waals surface area contributed by atoms with Crippen LogP contribution in [0.1, 0.15) is 23.6 Å². The highest BCUT2D eigenvalue weighted by molar-refractivity contribution is 8.13. The molecule has 0 saturated carbocycles. The first-order valence-electron chi connectivity index (χ1n) is 8.07. The van der Waals surface area contributed by atoms with Gasteiger partial charge in [-0.3, -0.25) is 9.59 Å². The zero-order valence-corrected chi connectivity index (χ0v) is 14.7. The van der Waals surface area contributed by atoms with Gasteiger partial charge in [0.1, 0.15) is 6.61 Å². The first kappa shape index (κ1) is 19.0. The van der Waals surface area contributed by atoms with Crippen LogP contribution in [0.5, 0.6) is 0 Å². The topological polar surface area (TPSA) is 81.4 Å². The van der Waals surface area contributed by atoms with Crippen LogP contribution in [0.25, 0.3) is 0 Å². The second-order valence-electron chi connectivity index (χ2n) is 5.38. The molecule has 0 bridgehead atoms. The van der Waals surface area contributed by atoms with Crippen LogP contribution in [0.3, 0.4) is 0 Å². The Kier molecular flexibility index (Phi) is 8.01. The Balaban J connectivity index is 1.95. The van der Waals surface area contributed by atoms with Gasteiger partial charge in [0.15, 0.2) is 0 Å². The van der Waals surface area contributed by atoms with E-state index in [-0.39, 0.29) is 24.2 Å². The molecule has 1 atom stereocenters. The summed E-state index contributed by atoms with van der Waals surface area (Å²) in [5, 5.41) is 2.67. The minimum atomic E-state index is -0.428. The minimum absolute atomic E-state index is 0.0752. The van der Waals surface area contributed by atoms with Crippen molar-refractivity contribution in [3.8, 4) is 0 Å². The Labute approximate surface area is 151 Å². The van der Waals surface area contributed by atoms with Gasteiger partial charge in [-0.25, -0.2) is 0 Å². The zero-order chi connectivity index (χ0) is 17.9. The number of thioether (sulfide) groups is 1. The fourth-order valence-electron chi connectivity index (χ4n) is 2.24. The lowest BCUT2D eigenvalue weighted by atomic mass is 10.0. The van der Waals surface area contributed by atoms with E-state index in [2.05, 4.69) is 5.32 Å². The molecule has 0 saturated heterocycles. The third-order valence-electron chi connectivity index (χ3n) is 3.46. The zero-order valence-electron chi connectivity index (χ0n) is 13.9. The van der Waals surface area contributed by atoms with Crippen LogP contribution in [-0.4, -0.2) is 23.5 Å². The van der Waals surface area contributed by atoms with Crippen LogP contribution >= 0.6 is 11.8 Å². The van der Waals surface area contributed by atoms with E-state index in [1.54, 1.807) is 0 Å². The third-order valence-corrected chi connectivity index (χ3v) is 4.28. The van der Waals surface area contributed by atoms with Gasteiger partial charge in [-0.1, -0.05) is 72.4 Å². The van der Waals surface area contributed by atoms with Crippen molar-refractivity contribution >= 4 is 23.0 Å². The highest BCUT2D eigenvalue weighted by Crippen LogP contribution is 2.19. The standard InChI is InChI=1S/C19H22N2O3S/c20-11-12-25-19(23)21-17(16-9-5-2-6-10-16)13-18(22)24-14-15-7-3-1-4-8-15/h1-10,17H,11-14,20H2,(H,21,23). The number of esters is 1. The Morgan fingerprint density at radius 2 is 1.68 bits per heavy atom. The number of carbonyl (C=O) groups is 2. The number of hydrogen-bond acceptors (Lipinski definition) is 5. The smallest absolute Gasteiger partial charge is 0.308 e. The average molecular weight is 358 g/mol. The highest BCUT2D eigenvalue weighted by atomic mass is 32.2. The maximum Gasteiger partial charge on any atom is 0.308 e. The molecule has 132 valence electrons. The number of rotatable bonds is 8. The Morgan fingerprint density at radius 1 is 1.04 bits per heavy atom. The summed E-state index contributed by atoms with van der Waals surface area (Å²) in [6, 6.07) is 18.4. The fraction of sp³-hybridized carbons (Fsp3) is 0.263. The molecule has 1 amide bonds. The van der Waals surface area contributed by atoms with Crippen LogP contribution in [0.2, 0.25) is 0 Å². The number of benzene rings is 2. The van der Waals surface area contributed by atoms with Crippen LogP contribution in [0, 0.1) is 0 Å². The van der Waals surface area contributed by atoms with E-state index in [4.69, 9.17) is 10.5 Å². The number of amides is 1. The predicted octanol–water partition coefficient (Wildman–Crippen LogP) is 3.26. The van der Waals surface area contributed by atoms with Gasteiger partial charge >= 0.3 is 5.97 Å². The molecule has 0 spiro atoms. The number of nitrogens with two attached hydrogens (primary N) is 1. The van der Waals surface area contributed by atoms with Gasteiger partial charge in [-0.05, 0) is 11.1 Å². The van der Waals surface area contributed by atoms with Crippen LogP contribution in [0.15, 0.2) is 60.7 Å². The lowest BCUT2D eigenvalue weighted by Crippen LogP contribution is -2.28. The molecule has 0 aliphatic heterocycles. The van der Waals surface area contributed by atoms with Gasteiger partial charge in [0.05, 0.1) is 12.5 Å². The molecule has 0 aromatic heterocycles. The fourth-order valence-corrected chi connectivity index (χ4v) is 2.77. The third kappa shape index (κ3) is 6.99. The van der Waals surface area contributed by atoms with Crippen molar-refractivity contribution < 1.29 is 14.3 Å². The average Bonchev–Trinajstić information content (AvgIpc) is 2.66. The largest absolute Gasteiger partial charge is 0.461 e. The maximum atomic E-state index is 12.2. The summed E-state index contributed by atoms with van der Waals surface area (Å²) in [5.74, 6) is 0.174. The van der Waals surface area contributed by atoms with Crippen molar-refractivity contribution in [2.24, 2.45) is 5.73 Å². The maximum absolute atomic E-state index is 12.2. The summed E-state index contributed by atoms with van der Waals surface area (Å²) >= 11 is 1.11. The molecule has 5 nitrogen and oxygen atoms in total. The van der Waals surface area contributed by atoms with E-state index in [9.17, 15) is 9.59 Å². The molecular formula is C19H22N2O3S. The normalized spacial score (nSPS) is 11.6. The first-order valence-corrected chi connectivity index (χ1v) is 9.05. The molecule has 2 aromatic carbocycles. The molecule has 0 aliphatic rings. The lowest BCUT2D eigenvalue weighted by molar-refractivity contribution is -0.145. The van der Waals surface area contributed by atoms with E-state index < -0.39 is 6.04 Å². The van der Waals surface area contributed by atoms with Gasteiger partial charge in [-0.2, -0.15) is 0 Å². The molecule has 6 heteroatoms. The molecular weight excluding hydrogens is 336 g/mol. The van der Waals surface area contributed by atoms with Crippen molar-refractivity contribution in [1.82, 2.24) is 5.32 Å². The van der Waals surface area contributed by atoms with Gasteiger partial charge in [0.2, 0.25) is 0 Å². The SMILES string of the molecule is NCCSC(=O)NC(CC(=O)OCc1ccccc1)c1ccccc1. The molecule has 0 fully saturated rings. The van der Waals surface area contributed by atoms with Gasteiger partial charge in [-0.15, -0.1) is 0 Å². The van der Waals surface area contributed by atoms with Crippen LogP contribution in [-0.2, 0) is 16.1 Å². The van der Waals surface area contributed by atoms with E-state index in [0.29, 0.717) is 12.3 Å².